The topological polar surface area (TPSA) is 3.24 Å². The molecule has 0 saturated heterocycles. The summed E-state index contributed by atoms with van der Waals surface area (Å²) >= 11 is 1.90. The highest BCUT2D eigenvalue weighted by Gasteiger charge is 2.50. The number of benzene rings is 11. The Labute approximate surface area is 424 Å². The maximum Gasteiger partial charge on any atom is 0.0725 e. The van der Waals surface area contributed by atoms with E-state index in [4.69, 9.17) is 0 Å². The molecule has 12 aromatic rings. The van der Waals surface area contributed by atoms with Gasteiger partial charge in [-0.2, -0.15) is 0 Å². The minimum Gasteiger partial charge on any atom is -0.310 e. The Morgan fingerprint density at radius 1 is 0.292 bits per heavy atom. The Morgan fingerprint density at radius 3 is 1.54 bits per heavy atom. The largest absolute Gasteiger partial charge is 0.310 e. The predicted octanol–water partition coefficient (Wildman–Crippen LogP) is 19.2. The van der Waals surface area contributed by atoms with Crippen LogP contribution in [0.2, 0.25) is 0 Å². The van der Waals surface area contributed by atoms with Gasteiger partial charge in [-0.15, -0.1) is 11.3 Å². The molecule has 0 bridgehead atoms. The van der Waals surface area contributed by atoms with Crippen molar-refractivity contribution in [2.45, 2.75) is 24.7 Å². The molecule has 0 N–H and O–H groups in total. The van der Waals surface area contributed by atoms with Crippen molar-refractivity contribution in [3.63, 3.8) is 0 Å². The summed E-state index contributed by atoms with van der Waals surface area (Å²) < 4.78 is 2.65. The molecule has 338 valence electrons. The number of hydrogen-bond donors (Lipinski definition) is 0. The van der Waals surface area contributed by atoms with E-state index in [1.807, 2.05) is 11.3 Å². The minimum absolute atomic E-state index is 0.173. The van der Waals surface area contributed by atoms with E-state index >= 15 is 0 Å². The Hall–Kier alpha value is -8.56. The van der Waals surface area contributed by atoms with Gasteiger partial charge in [-0.05, 0) is 143 Å². The predicted molar refractivity (Wildman–Crippen MR) is 304 cm³/mol. The molecule has 0 aliphatic heterocycles. The molecule has 3 aliphatic rings. The van der Waals surface area contributed by atoms with Crippen molar-refractivity contribution < 1.29 is 0 Å². The van der Waals surface area contributed by atoms with Crippen LogP contribution >= 0.6 is 11.3 Å². The maximum atomic E-state index is 2.56. The number of thiophene rings is 1. The van der Waals surface area contributed by atoms with Crippen molar-refractivity contribution in [2.75, 3.05) is 4.90 Å². The highest BCUT2D eigenvalue weighted by molar-refractivity contribution is 7.25. The van der Waals surface area contributed by atoms with Crippen LogP contribution in [0.1, 0.15) is 47.2 Å². The van der Waals surface area contributed by atoms with Gasteiger partial charge in [0.15, 0.2) is 0 Å². The second-order valence-corrected chi connectivity index (χ2v) is 21.4. The number of para-hydroxylation sites is 1. The second kappa shape index (κ2) is 15.5. The molecule has 0 amide bonds. The molecule has 1 spiro atoms. The highest BCUT2D eigenvalue weighted by Crippen LogP contribution is 2.63. The van der Waals surface area contributed by atoms with Crippen LogP contribution in [0.15, 0.2) is 249 Å². The average molecular weight is 934 g/mol. The minimum atomic E-state index is -0.612. The Morgan fingerprint density at radius 2 is 0.792 bits per heavy atom. The van der Waals surface area contributed by atoms with Crippen molar-refractivity contribution in [2.24, 2.45) is 0 Å². The average Bonchev–Trinajstić information content (AvgIpc) is 4.00. The highest BCUT2D eigenvalue weighted by atomic mass is 32.1. The maximum absolute atomic E-state index is 2.56. The van der Waals surface area contributed by atoms with Gasteiger partial charge in [-0.3, -0.25) is 0 Å². The molecular formula is C70H47NS. The van der Waals surface area contributed by atoms with E-state index in [2.05, 4.69) is 267 Å². The van der Waals surface area contributed by atoms with Gasteiger partial charge in [0.1, 0.15) is 0 Å². The van der Waals surface area contributed by atoms with Gasteiger partial charge in [0.05, 0.1) is 11.1 Å². The van der Waals surface area contributed by atoms with Crippen molar-refractivity contribution in [1.29, 1.82) is 0 Å². The SMILES string of the molecule is CC1(C)c2ccccc2-c2ccc(N(c3ccc4c(c3)-c3ccccc3-c3ccccc3C43c4ccccc4-c4cc5sc6ccccc6c5cc43)c3ccccc3-c3ccc(-c4ccccc4)cc3)cc21. The molecule has 0 fully saturated rings. The third kappa shape index (κ3) is 5.76. The van der Waals surface area contributed by atoms with Crippen LogP contribution in [0, 0.1) is 0 Å². The lowest BCUT2D eigenvalue weighted by molar-refractivity contribution is 0.660. The first kappa shape index (κ1) is 41.2. The van der Waals surface area contributed by atoms with E-state index in [-0.39, 0.29) is 5.41 Å². The van der Waals surface area contributed by atoms with Gasteiger partial charge in [0, 0.05) is 42.5 Å². The molecule has 0 radical (unpaired) electrons. The van der Waals surface area contributed by atoms with Crippen molar-refractivity contribution in [3.8, 4) is 66.8 Å². The molecule has 72 heavy (non-hydrogen) atoms. The lowest BCUT2D eigenvalue weighted by atomic mass is 9.65. The lowest BCUT2D eigenvalue weighted by Crippen LogP contribution is -2.29. The molecule has 0 saturated carbocycles. The number of fused-ring (bicyclic) bond motifs is 18. The van der Waals surface area contributed by atoms with Gasteiger partial charge in [0.2, 0.25) is 0 Å². The molecule has 11 aromatic carbocycles. The second-order valence-electron chi connectivity index (χ2n) is 20.3. The number of anilines is 3. The Kier molecular flexibility index (Phi) is 8.86. The van der Waals surface area contributed by atoms with Crippen molar-refractivity contribution in [1.82, 2.24) is 0 Å². The Bertz CT molecular complexity index is 4190. The van der Waals surface area contributed by atoms with E-state index in [1.54, 1.807) is 0 Å². The molecule has 15 rings (SSSR count). The summed E-state index contributed by atoms with van der Waals surface area (Å²) in [5.74, 6) is 0. The molecule has 1 heterocycles. The van der Waals surface area contributed by atoms with Gasteiger partial charge in [-0.1, -0.05) is 214 Å². The number of nitrogens with zero attached hydrogens (tertiary/aromatic N) is 1. The zero-order valence-electron chi connectivity index (χ0n) is 40.0. The van der Waals surface area contributed by atoms with E-state index < -0.39 is 5.41 Å². The van der Waals surface area contributed by atoms with Crippen molar-refractivity contribution in [3.05, 3.63) is 282 Å². The van der Waals surface area contributed by atoms with Crippen LogP contribution in [-0.2, 0) is 10.8 Å². The fourth-order valence-electron chi connectivity index (χ4n) is 13.1. The van der Waals surface area contributed by atoms with Crippen LogP contribution in [0.5, 0.6) is 0 Å². The normalized spacial score (nSPS) is 15.2. The van der Waals surface area contributed by atoms with Gasteiger partial charge in [-0.25, -0.2) is 0 Å². The van der Waals surface area contributed by atoms with Crippen LogP contribution in [0.25, 0.3) is 86.9 Å². The Balaban J connectivity index is 1.01. The van der Waals surface area contributed by atoms with Crippen molar-refractivity contribution >= 4 is 48.6 Å². The van der Waals surface area contributed by atoms with E-state index in [0.717, 1.165) is 17.1 Å². The number of rotatable bonds is 5. The number of hydrogen-bond acceptors (Lipinski definition) is 2. The fourth-order valence-corrected chi connectivity index (χ4v) is 14.2. The van der Waals surface area contributed by atoms with Crippen LogP contribution < -0.4 is 4.90 Å². The molecule has 1 nitrogen and oxygen atoms in total. The summed E-state index contributed by atoms with van der Waals surface area (Å²) in [7, 11) is 0. The monoisotopic (exact) mass is 933 g/mol. The third-order valence-electron chi connectivity index (χ3n) is 16.3. The van der Waals surface area contributed by atoms with E-state index in [1.165, 1.54) is 120 Å². The summed E-state index contributed by atoms with van der Waals surface area (Å²) in [5, 5.41) is 2.64. The molecular weight excluding hydrogens is 887 g/mol. The molecule has 3 aliphatic carbocycles. The van der Waals surface area contributed by atoms with Gasteiger partial charge < -0.3 is 4.90 Å². The quantitative estimate of drug-likeness (QED) is 0.166. The smallest absolute Gasteiger partial charge is 0.0725 e. The first-order chi connectivity index (χ1) is 35.5. The summed E-state index contributed by atoms with van der Waals surface area (Å²) in [5.41, 5.74) is 25.6. The first-order valence-electron chi connectivity index (χ1n) is 25.2. The molecule has 1 atom stereocenters. The summed E-state index contributed by atoms with van der Waals surface area (Å²) in [4.78, 5) is 2.53. The molecule has 1 unspecified atom stereocenters. The van der Waals surface area contributed by atoms with Gasteiger partial charge >= 0.3 is 0 Å². The van der Waals surface area contributed by atoms with Crippen LogP contribution in [0.4, 0.5) is 17.1 Å². The zero-order chi connectivity index (χ0) is 47.7. The standard InChI is InChI=1S/C70H47NS/c1-69(2)60-27-13-8-24-53(60)55-38-36-48(41-64(55)69)71(66-30-16-11-20-49(66)46-34-32-45(33-35-46)44-18-4-3-5-19-44)47-37-39-63-57(40-47)51-22-7-6-21-50(51)52-23-9-14-28-61(52)70(63)62-29-15-10-25-54(62)58-43-68-59(42-65(58)70)56-26-12-17-31-67(56)72-68/h3-43H,1-2H3. The summed E-state index contributed by atoms with van der Waals surface area (Å²) in [6.07, 6.45) is 0. The fraction of sp³-hybridized carbons (Fsp3) is 0.0571. The zero-order valence-corrected chi connectivity index (χ0v) is 40.8. The van der Waals surface area contributed by atoms with Gasteiger partial charge in [0.25, 0.3) is 0 Å². The first-order valence-corrected chi connectivity index (χ1v) is 26.0. The lowest BCUT2D eigenvalue weighted by Gasteiger charge is -2.36. The van der Waals surface area contributed by atoms with E-state index in [9.17, 15) is 0 Å². The van der Waals surface area contributed by atoms with Crippen LogP contribution in [0.3, 0.4) is 0 Å². The third-order valence-corrected chi connectivity index (χ3v) is 17.5. The summed E-state index contributed by atoms with van der Waals surface area (Å²) in [6, 6.07) is 93.9. The molecule has 1 aromatic heterocycles. The van der Waals surface area contributed by atoms with Crippen LogP contribution in [-0.4, -0.2) is 0 Å². The molecule has 2 heteroatoms. The van der Waals surface area contributed by atoms with E-state index in [0.29, 0.717) is 0 Å². The summed E-state index contributed by atoms with van der Waals surface area (Å²) in [6.45, 7) is 4.77.